The molecule has 2 unspecified atom stereocenters. The Hall–Kier alpha value is -0.610. The molecule has 1 fully saturated rings. The van der Waals surface area contributed by atoms with E-state index in [0.717, 1.165) is 32.4 Å². The second kappa shape index (κ2) is 6.86. The van der Waals surface area contributed by atoms with Crippen LogP contribution in [0.25, 0.3) is 0 Å². The molecule has 4 nitrogen and oxygen atoms in total. The zero-order valence-corrected chi connectivity index (χ0v) is 10.5. The highest BCUT2D eigenvalue weighted by molar-refractivity contribution is 5.82. The van der Waals surface area contributed by atoms with Gasteiger partial charge in [0.15, 0.2) is 0 Å². The first-order valence-electron chi connectivity index (χ1n) is 6.40. The number of hydrogen-bond donors (Lipinski definition) is 2. The van der Waals surface area contributed by atoms with Crippen LogP contribution in [-0.2, 0) is 4.79 Å². The minimum absolute atomic E-state index is 0.102. The maximum atomic E-state index is 12.0. The Kier molecular flexibility index (Phi) is 5.77. The van der Waals surface area contributed by atoms with Gasteiger partial charge in [-0.25, -0.2) is 0 Å². The first-order valence-corrected chi connectivity index (χ1v) is 6.40. The lowest BCUT2D eigenvalue weighted by Crippen LogP contribution is -2.45. The van der Waals surface area contributed by atoms with Gasteiger partial charge in [0.25, 0.3) is 0 Å². The van der Waals surface area contributed by atoms with Crippen molar-refractivity contribution in [3.8, 4) is 0 Å². The van der Waals surface area contributed by atoms with Gasteiger partial charge in [-0.15, -0.1) is 0 Å². The molecule has 94 valence electrons. The van der Waals surface area contributed by atoms with E-state index in [1.54, 1.807) is 0 Å². The van der Waals surface area contributed by atoms with Gasteiger partial charge in [-0.05, 0) is 44.8 Å². The molecular formula is C12H25N3O. The van der Waals surface area contributed by atoms with Crippen molar-refractivity contribution in [2.45, 2.75) is 39.2 Å². The molecule has 0 saturated carbocycles. The summed E-state index contributed by atoms with van der Waals surface area (Å²) in [6.45, 7) is 7.64. The summed E-state index contributed by atoms with van der Waals surface area (Å²) in [6, 6.07) is 0.102. The number of rotatable bonds is 6. The lowest BCUT2D eigenvalue weighted by molar-refractivity contribution is -0.125. The van der Waals surface area contributed by atoms with Crippen molar-refractivity contribution in [1.82, 2.24) is 10.2 Å². The van der Waals surface area contributed by atoms with E-state index in [1.165, 1.54) is 0 Å². The molecule has 0 aliphatic carbocycles. The Morgan fingerprint density at radius 3 is 3.00 bits per heavy atom. The number of nitrogens with two attached hydrogens (primary N) is 1. The SMILES string of the molecule is CCCN1CCCC1C(=O)NCC(C)CN. The third-order valence-corrected chi connectivity index (χ3v) is 3.20. The lowest BCUT2D eigenvalue weighted by atomic mass is 10.1. The molecule has 0 aromatic rings. The molecule has 2 atom stereocenters. The summed E-state index contributed by atoms with van der Waals surface area (Å²) >= 11 is 0. The fourth-order valence-corrected chi connectivity index (χ4v) is 2.15. The van der Waals surface area contributed by atoms with E-state index in [4.69, 9.17) is 5.73 Å². The van der Waals surface area contributed by atoms with Crippen molar-refractivity contribution in [2.75, 3.05) is 26.2 Å². The van der Waals surface area contributed by atoms with Crippen LogP contribution in [-0.4, -0.2) is 43.0 Å². The van der Waals surface area contributed by atoms with E-state index in [0.29, 0.717) is 19.0 Å². The van der Waals surface area contributed by atoms with Gasteiger partial charge in [-0.3, -0.25) is 9.69 Å². The molecule has 1 amide bonds. The average molecular weight is 227 g/mol. The first-order chi connectivity index (χ1) is 7.69. The minimum atomic E-state index is 0.102. The van der Waals surface area contributed by atoms with Crippen LogP contribution in [0.2, 0.25) is 0 Å². The van der Waals surface area contributed by atoms with E-state index >= 15 is 0 Å². The molecule has 1 aliphatic heterocycles. The maximum Gasteiger partial charge on any atom is 0.237 e. The Labute approximate surface area is 98.6 Å². The van der Waals surface area contributed by atoms with Gasteiger partial charge in [-0.2, -0.15) is 0 Å². The van der Waals surface area contributed by atoms with Crippen LogP contribution >= 0.6 is 0 Å². The lowest BCUT2D eigenvalue weighted by Gasteiger charge is -2.23. The number of amides is 1. The van der Waals surface area contributed by atoms with Crippen LogP contribution in [0, 0.1) is 5.92 Å². The zero-order chi connectivity index (χ0) is 12.0. The minimum Gasteiger partial charge on any atom is -0.354 e. The predicted octanol–water partition coefficient (Wildman–Crippen LogP) is 0.572. The molecular weight excluding hydrogens is 202 g/mol. The third kappa shape index (κ3) is 3.76. The van der Waals surface area contributed by atoms with E-state index < -0.39 is 0 Å². The molecule has 1 rings (SSSR count). The molecule has 0 bridgehead atoms. The standard InChI is InChI=1S/C12H25N3O/c1-3-6-15-7-4-5-11(15)12(16)14-9-10(2)8-13/h10-11H,3-9,13H2,1-2H3,(H,14,16). The monoisotopic (exact) mass is 227 g/mol. The van der Waals surface area contributed by atoms with Crippen LogP contribution in [0.15, 0.2) is 0 Å². The first kappa shape index (κ1) is 13.5. The van der Waals surface area contributed by atoms with Gasteiger partial charge in [0.1, 0.15) is 0 Å². The summed E-state index contributed by atoms with van der Waals surface area (Å²) in [7, 11) is 0. The molecule has 1 saturated heterocycles. The molecule has 4 heteroatoms. The predicted molar refractivity (Wildman–Crippen MR) is 66.1 cm³/mol. The topological polar surface area (TPSA) is 58.4 Å². The Morgan fingerprint density at radius 2 is 2.38 bits per heavy atom. The second-order valence-corrected chi connectivity index (χ2v) is 4.78. The molecule has 0 aromatic carbocycles. The number of likely N-dealkylation sites (tertiary alicyclic amines) is 1. The van der Waals surface area contributed by atoms with Crippen molar-refractivity contribution < 1.29 is 4.79 Å². The van der Waals surface area contributed by atoms with E-state index in [1.807, 2.05) is 0 Å². The van der Waals surface area contributed by atoms with Gasteiger partial charge in [0, 0.05) is 6.54 Å². The van der Waals surface area contributed by atoms with Crippen LogP contribution < -0.4 is 11.1 Å². The largest absolute Gasteiger partial charge is 0.354 e. The fraction of sp³-hybridized carbons (Fsp3) is 0.917. The normalized spacial score (nSPS) is 23.3. The highest BCUT2D eigenvalue weighted by Crippen LogP contribution is 2.17. The van der Waals surface area contributed by atoms with Gasteiger partial charge in [0.05, 0.1) is 6.04 Å². The molecule has 1 aliphatic rings. The van der Waals surface area contributed by atoms with Crippen molar-refractivity contribution in [3.63, 3.8) is 0 Å². The summed E-state index contributed by atoms with van der Waals surface area (Å²) in [5, 5.41) is 3.00. The third-order valence-electron chi connectivity index (χ3n) is 3.20. The van der Waals surface area contributed by atoms with Crippen LogP contribution in [0.4, 0.5) is 0 Å². The number of nitrogens with one attached hydrogen (secondary N) is 1. The summed E-state index contributed by atoms with van der Waals surface area (Å²) in [5.74, 6) is 0.552. The molecule has 0 radical (unpaired) electrons. The number of hydrogen-bond acceptors (Lipinski definition) is 3. The summed E-state index contributed by atoms with van der Waals surface area (Å²) in [5.41, 5.74) is 5.52. The molecule has 0 aromatic heterocycles. The van der Waals surface area contributed by atoms with Crippen LogP contribution in [0.1, 0.15) is 33.1 Å². The van der Waals surface area contributed by atoms with E-state index in [9.17, 15) is 4.79 Å². The maximum absolute atomic E-state index is 12.0. The Bertz CT molecular complexity index is 220. The van der Waals surface area contributed by atoms with Crippen molar-refractivity contribution in [2.24, 2.45) is 11.7 Å². The summed E-state index contributed by atoms with van der Waals surface area (Å²) < 4.78 is 0. The molecule has 1 heterocycles. The number of carbonyl (C=O) groups is 1. The molecule has 16 heavy (non-hydrogen) atoms. The van der Waals surface area contributed by atoms with Gasteiger partial charge >= 0.3 is 0 Å². The van der Waals surface area contributed by atoms with Crippen molar-refractivity contribution in [1.29, 1.82) is 0 Å². The second-order valence-electron chi connectivity index (χ2n) is 4.78. The quantitative estimate of drug-likeness (QED) is 0.697. The van der Waals surface area contributed by atoms with Gasteiger partial charge in [-0.1, -0.05) is 13.8 Å². The van der Waals surface area contributed by atoms with E-state index in [2.05, 4.69) is 24.1 Å². The number of nitrogens with zero attached hydrogens (tertiary/aromatic N) is 1. The summed E-state index contributed by atoms with van der Waals surface area (Å²) in [6.07, 6.45) is 3.26. The zero-order valence-electron chi connectivity index (χ0n) is 10.5. The number of carbonyl (C=O) groups excluding carboxylic acids is 1. The molecule has 0 spiro atoms. The highest BCUT2D eigenvalue weighted by atomic mass is 16.2. The average Bonchev–Trinajstić information content (AvgIpc) is 2.74. The van der Waals surface area contributed by atoms with Gasteiger partial charge < -0.3 is 11.1 Å². The highest BCUT2D eigenvalue weighted by Gasteiger charge is 2.29. The Balaban J connectivity index is 2.34. The van der Waals surface area contributed by atoms with Gasteiger partial charge in [0.2, 0.25) is 5.91 Å². The van der Waals surface area contributed by atoms with Crippen LogP contribution in [0.3, 0.4) is 0 Å². The van der Waals surface area contributed by atoms with Crippen molar-refractivity contribution >= 4 is 5.91 Å². The van der Waals surface area contributed by atoms with Crippen molar-refractivity contribution in [3.05, 3.63) is 0 Å². The Morgan fingerprint density at radius 1 is 1.62 bits per heavy atom. The van der Waals surface area contributed by atoms with Crippen LogP contribution in [0.5, 0.6) is 0 Å². The van der Waals surface area contributed by atoms with E-state index in [-0.39, 0.29) is 11.9 Å². The molecule has 3 N–H and O–H groups in total. The fourth-order valence-electron chi connectivity index (χ4n) is 2.15. The smallest absolute Gasteiger partial charge is 0.237 e. The summed E-state index contributed by atoms with van der Waals surface area (Å²) in [4.78, 5) is 14.3.